The molecule has 1 radical (unpaired) electrons. The van der Waals surface area contributed by atoms with Crippen LogP contribution in [0.2, 0.25) is 0 Å². The van der Waals surface area contributed by atoms with Crippen LogP contribution in [-0.4, -0.2) is 10.8 Å². The van der Waals surface area contributed by atoms with Gasteiger partial charge in [-0.3, -0.25) is 0 Å². The zero-order chi connectivity index (χ0) is 6.97. The maximum absolute atomic E-state index is 4.14. The zero-order valence-corrected chi connectivity index (χ0v) is 5.57. The summed E-state index contributed by atoms with van der Waals surface area (Å²) in [5.74, 6) is 1.52. The van der Waals surface area contributed by atoms with Crippen LogP contribution in [0.3, 0.4) is 0 Å². The summed E-state index contributed by atoms with van der Waals surface area (Å²) >= 11 is 0. The molecule has 1 aromatic rings. The Morgan fingerprint density at radius 1 is 1.40 bits per heavy atom. The first kappa shape index (κ1) is 5.41. The molecule has 0 fully saturated rings. The van der Waals surface area contributed by atoms with Gasteiger partial charge in [-0.05, 0) is 19.1 Å². The van der Waals surface area contributed by atoms with Crippen molar-refractivity contribution in [2.75, 3.05) is 0 Å². The van der Waals surface area contributed by atoms with E-state index in [0.717, 1.165) is 17.3 Å². The van der Waals surface area contributed by atoms with E-state index in [9.17, 15) is 0 Å². The van der Waals surface area contributed by atoms with Crippen molar-refractivity contribution >= 4 is 17.3 Å². The molecular formula is C7H6N3. The van der Waals surface area contributed by atoms with E-state index in [4.69, 9.17) is 0 Å². The monoisotopic (exact) mass is 132 g/mol. The van der Waals surface area contributed by atoms with Crippen LogP contribution in [0, 0.1) is 0 Å². The second-order valence-corrected chi connectivity index (χ2v) is 2.12. The zero-order valence-electron chi connectivity index (χ0n) is 5.57. The summed E-state index contributed by atoms with van der Waals surface area (Å²) in [6.07, 6.45) is 1.72. The summed E-state index contributed by atoms with van der Waals surface area (Å²) in [7, 11) is 0. The molecule has 0 amide bonds. The molecule has 0 aliphatic carbocycles. The van der Waals surface area contributed by atoms with E-state index in [1.807, 2.05) is 19.1 Å². The first-order valence-electron chi connectivity index (χ1n) is 3.08. The Morgan fingerprint density at radius 3 is 3.10 bits per heavy atom. The predicted octanol–water partition coefficient (Wildman–Crippen LogP) is 1.38. The summed E-state index contributed by atoms with van der Waals surface area (Å²) in [6.45, 7) is 1.86. The normalized spacial score (nSPS) is 13.9. The highest BCUT2D eigenvalue weighted by atomic mass is 15.1. The van der Waals surface area contributed by atoms with Gasteiger partial charge in [0.05, 0.1) is 0 Å². The second-order valence-electron chi connectivity index (χ2n) is 2.12. The van der Waals surface area contributed by atoms with Crippen molar-refractivity contribution in [3.05, 3.63) is 18.3 Å². The lowest BCUT2D eigenvalue weighted by atomic mass is 10.4. The first-order valence-corrected chi connectivity index (χ1v) is 3.08. The van der Waals surface area contributed by atoms with Gasteiger partial charge in [-0.2, -0.15) is 0 Å². The van der Waals surface area contributed by atoms with E-state index < -0.39 is 0 Å². The van der Waals surface area contributed by atoms with Gasteiger partial charge in [-0.15, -0.1) is 0 Å². The van der Waals surface area contributed by atoms with E-state index in [1.165, 1.54) is 0 Å². The predicted molar refractivity (Wildman–Crippen MR) is 38.8 cm³/mol. The largest absolute Gasteiger partial charge is 0.235 e. The molecule has 0 unspecified atom stereocenters. The molecule has 3 heteroatoms. The number of hydrogen-bond donors (Lipinski definition) is 0. The van der Waals surface area contributed by atoms with Gasteiger partial charge in [-0.25, -0.2) is 15.3 Å². The standard InChI is InChI=1S/C7H6N3/c1-5-9-6-3-2-4-8-7(6)10-5/h2-4H,1H3. The second kappa shape index (κ2) is 1.80. The van der Waals surface area contributed by atoms with Crippen molar-refractivity contribution in [2.45, 2.75) is 6.92 Å². The molecule has 0 aromatic carbocycles. The minimum Gasteiger partial charge on any atom is -0.235 e. The topological polar surface area (TPSA) is 39.4 Å². The van der Waals surface area contributed by atoms with Gasteiger partial charge in [0.1, 0.15) is 11.5 Å². The number of aromatic nitrogens is 1. The maximum atomic E-state index is 4.14. The van der Waals surface area contributed by atoms with Gasteiger partial charge in [0.2, 0.25) is 0 Å². The van der Waals surface area contributed by atoms with E-state index in [-0.39, 0.29) is 0 Å². The minimum absolute atomic E-state index is 0.736. The molecule has 0 atom stereocenters. The molecule has 0 spiro atoms. The molecule has 1 aliphatic heterocycles. The summed E-state index contributed by atoms with van der Waals surface area (Å²) in [5, 5.41) is 4.09. The third-order valence-corrected chi connectivity index (χ3v) is 1.32. The molecule has 1 aromatic heterocycles. The molecular weight excluding hydrogens is 126 g/mol. The van der Waals surface area contributed by atoms with Gasteiger partial charge in [0, 0.05) is 6.20 Å². The molecule has 49 valence electrons. The summed E-state index contributed by atoms with van der Waals surface area (Å²) in [5.41, 5.74) is 0.875. The molecule has 1 aliphatic rings. The van der Waals surface area contributed by atoms with Crippen LogP contribution in [-0.2, 0) is 0 Å². The lowest BCUT2D eigenvalue weighted by Gasteiger charge is -1.90. The fraction of sp³-hybridized carbons (Fsp3) is 0.143. The van der Waals surface area contributed by atoms with Crippen LogP contribution in [0.5, 0.6) is 0 Å². The Morgan fingerprint density at radius 2 is 2.30 bits per heavy atom. The molecule has 10 heavy (non-hydrogen) atoms. The lowest BCUT2D eigenvalue weighted by Crippen LogP contribution is -1.99. The van der Waals surface area contributed by atoms with Crippen molar-refractivity contribution in [1.82, 2.24) is 10.3 Å². The van der Waals surface area contributed by atoms with E-state index in [2.05, 4.69) is 15.3 Å². The summed E-state index contributed by atoms with van der Waals surface area (Å²) in [6, 6.07) is 3.76. The van der Waals surface area contributed by atoms with E-state index in [1.54, 1.807) is 6.20 Å². The third kappa shape index (κ3) is 0.673. The highest BCUT2D eigenvalue weighted by Crippen LogP contribution is 2.26. The quantitative estimate of drug-likeness (QED) is 0.525. The van der Waals surface area contributed by atoms with Gasteiger partial charge in [0.15, 0.2) is 5.82 Å². The summed E-state index contributed by atoms with van der Waals surface area (Å²) < 4.78 is 0. The Labute approximate surface area is 58.8 Å². The van der Waals surface area contributed by atoms with E-state index >= 15 is 0 Å². The SMILES string of the molecule is CC1=Nc2cccnc2[N]1. The number of amidine groups is 1. The number of nitrogens with zero attached hydrogens (tertiary/aromatic N) is 3. The number of fused-ring (bicyclic) bond motifs is 1. The molecule has 2 rings (SSSR count). The van der Waals surface area contributed by atoms with Crippen molar-refractivity contribution in [1.29, 1.82) is 0 Å². The fourth-order valence-corrected chi connectivity index (χ4v) is 0.914. The molecule has 0 saturated carbocycles. The highest BCUT2D eigenvalue weighted by Gasteiger charge is 2.11. The van der Waals surface area contributed by atoms with E-state index in [0.29, 0.717) is 0 Å². The molecule has 2 heterocycles. The number of pyridine rings is 1. The van der Waals surface area contributed by atoms with Crippen molar-refractivity contribution < 1.29 is 0 Å². The van der Waals surface area contributed by atoms with Gasteiger partial charge < -0.3 is 0 Å². The average Bonchev–Trinajstić information content (AvgIpc) is 2.27. The average molecular weight is 132 g/mol. The Hall–Kier alpha value is -1.38. The van der Waals surface area contributed by atoms with Crippen LogP contribution in [0.4, 0.5) is 11.5 Å². The first-order chi connectivity index (χ1) is 4.86. The Balaban J connectivity index is 2.54. The van der Waals surface area contributed by atoms with Crippen molar-refractivity contribution in [2.24, 2.45) is 4.99 Å². The molecule has 3 nitrogen and oxygen atoms in total. The number of hydrogen-bond acceptors (Lipinski definition) is 2. The van der Waals surface area contributed by atoms with Gasteiger partial charge >= 0.3 is 0 Å². The maximum Gasteiger partial charge on any atom is 0.179 e. The van der Waals surface area contributed by atoms with Crippen LogP contribution in [0.15, 0.2) is 23.3 Å². The fourth-order valence-electron chi connectivity index (χ4n) is 0.914. The van der Waals surface area contributed by atoms with Gasteiger partial charge in [-0.1, -0.05) is 0 Å². The Kier molecular flexibility index (Phi) is 0.974. The number of aliphatic imine (C=N–C) groups is 1. The van der Waals surface area contributed by atoms with Gasteiger partial charge in [0.25, 0.3) is 0 Å². The smallest absolute Gasteiger partial charge is 0.179 e. The minimum atomic E-state index is 0.736. The van der Waals surface area contributed by atoms with Crippen LogP contribution in [0.25, 0.3) is 0 Å². The van der Waals surface area contributed by atoms with Crippen molar-refractivity contribution in [3.8, 4) is 0 Å². The van der Waals surface area contributed by atoms with Crippen molar-refractivity contribution in [3.63, 3.8) is 0 Å². The Bertz CT molecular complexity index is 291. The third-order valence-electron chi connectivity index (χ3n) is 1.32. The van der Waals surface area contributed by atoms with Crippen LogP contribution < -0.4 is 5.32 Å². The lowest BCUT2D eigenvalue weighted by molar-refractivity contribution is 1.17. The highest BCUT2D eigenvalue weighted by molar-refractivity contribution is 5.92. The van der Waals surface area contributed by atoms with Crippen LogP contribution >= 0.6 is 0 Å². The van der Waals surface area contributed by atoms with Crippen LogP contribution in [0.1, 0.15) is 6.92 Å². The number of rotatable bonds is 0. The molecule has 0 N–H and O–H groups in total. The molecule has 0 bridgehead atoms. The molecule has 0 saturated heterocycles. The summed E-state index contributed by atoms with van der Waals surface area (Å²) in [4.78, 5) is 8.17.